The van der Waals surface area contributed by atoms with E-state index in [1.165, 1.54) is 12.8 Å². The topological polar surface area (TPSA) is 68.0 Å². The molecule has 3 N–H and O–H groups in total. The van der Waals surface area contributed by atoms with Crippen molar-refractivity contribution in [2.75, 3.05) is 13.1 Å². The molecule has 1 saturated carbocycles. The third kappa shape index (κ3) is 4.15. The summed E-state index contributed by atoms with van der Waals surface area (Å²) in [5.41, 5.74) is 9.16. The average Bonchev–Trinajstić information content (AvgIpc) is 3.28. The summed E-state index contributed by atoms with van der Waals surface area (Å²) in [7, 11) is 0. The Morgan fingerprint density at radius 1 is 1.39 bits per heavy atom. The summed E-state index contributed by atoms with van der Waals surface area (Å²) in [6, 6.07) is 5.89. The van der Waals surface area contributed by atoms with Crippen LogP contribution >= 0.6 is 40.7 Å². The lowest BCUT2D eigenvalue weighted by Crippen LogP contribution is -2.30. The molecule has 1 heterocycles. The van der Waals surface area contributed by atoms with E-state index in [4.69, 9.17) is 10.7 Å². The number of rotatable bonds is 4. The lowest BCUT2D eigenvalue weighted by atomic mass is 9.98. The van der Waals surface area contributed by atoms with E-state index in [2.05, 4.69) is 21.2 Å². The second-order valence-corrected chi connectivity index (χ2v) is 6.39. The molecule has 1 aliphatic rings. The lowest BCUT2D eigenvalue weighted by molar-refractivity contribution is 0.0955. The Hall–Kier alpha value is -0.880. The van der Waals surface area contributed by atoms with E-state index < -0.39 is 0 Å². The van der Waals surface area contributed by atoms with Gasteiger partial charge in [0, 0.05) is 34.6 Å². The second kappa shape index (κ2) is 8.29. The molecule has 1 amide bonds. The fourth-order valence-electron chi connectivity index (χ4n) is 2.67. The first-order valence-electron chi connectivity index (χ1n) is 7.20. The molecular weight excluding hydrogens is 401 g/mol. The first kappa shape index (κ1) is 20.2. The fraction of sp³-hybridized carbons (Fsp3) is 0.375. The fourth-order valence-corrected chi connectivity index (χ4v) is 3.03. The molecule has 0 unspecified atom stereocenters. The summed E-state index contributed by atoms with van der Waals surface area (Å²) in [4.78, 5) is 17.3. The lowest BCUT2D eigenvalue weighted by Gasteiger charge is -2.14. The van der Waals surface area contributed by atoms with E-state index >= 15 is 0 Å². The maximum absolute atomic E-state index is 12.5. The molecule has 2 aromatic rings. The van der Waals surface area contributed by atoms with Crippen molar-refractivity contribution in [2.45, 2.75) is 25.7 Å². The highest BCUT2D eigenvalue weighted by Gasteiger charge is 2.29. The second-order valence-electron chi connectivity index (χ2n) is 5.48. The van der Waals surface area contributed by atoms with E-state index in [0.29, 0.717) is 19.0 Å². The van der Waals surface area contributed by atoms with Crippen LogP contribution in [0.5, 0.6) is 0 Å². The predicted molar refractivity (Wildman–Crippen MR) is 102 cm³/mol. The summed E-state index contributed by atoms with van der Waals surface area (Å²) in [5, 5.41) is 3.77. The number of carbonyl (C=O) groups is 1. The van der Waals surface area contributed by atoms with Gasteiger partial charge in [-0.2, -0.15) is 0 Å². The Kier molecular flexibility index (Phi) is 7.27. The van der Waals surface area contributed by atoms with E-state index in [0.717, 1.165) is 32.2 Å². The first-order chi connectivity index (χ1) is 10.1. The summed E-state index contributed by atoms with van der Waals surface area (Å²) >= 11 is 3.47. The number of aromatic nitrogens is 1. The van der Waals surface area contributed by atoms with Crippen molar-refractivity contribution in [3.05, 3.63) is 39.5 Å². The van der Waals surface area contributed by atoms with Crippen LogP contribution < -0.4 is 11.1 Å². The van der Waals surface area contributed by atoms with Crippen molar-refractivity contribution in [1.82, 2.24) is 10.3 Å². The molecule has 0 bridgehead atoms. The van der Waals surface area contributed by atoms with Crippen molar-refractivity contribution >= 4 is 57.6 Å². The Balaban J connectivity index is 0.00000132. The monoisotopic (exact) mass is 419 g/mol. The SMILES string of the molecule is Cc1c(C2CC2)nc2ccc(Br)cc2c1C(=O)NCCN.Cl.Cl. The number of nitrogens with one attached hydrogen (secondary N) is 1. The molecule has 1 fully saturated rings. The number of hydrogen-bond donors (Lipinski definition) is 2. The van der Waals surface area contributed by atoms with Crippen LogP contribution in [-0.2, 0) is 0 Å². The summed E-state index contributed by atoms with van der Waals surface area (Å²) < 4.78 is 0.947. The van der Waals surface area contributed by atoms with Gasteiger partial charge in [-0.1, -0.05) is 15.9 Å². The van der Waals surface area contributed by atoms with E-state index in [1.807, 2.05) is 25.1 Å². The van der Waals surface area contributed by atoms with Crippen molar-refractivity contribution in [2.24, 2.45) is 5.73 Å². The van der Waals surface area contributed by atoms with Crippen LogP contribution in [0.1, 0.15) is 40.4 Å². The number of benzene rings is 1. The van der Waals surface area contributed by atoms with Crippen molar-refractivity contribution < 1.29 is 4.79 Å². The summed E-state index contributed by atoms with van der Waals surface area (Å²) in [6.45, 7) is 2.92. The quantitative estimate of drug-likeness (QED) is 0.791. The molecule has 1 aliphatic carbocycles. The largest absolute Gasteiger partial charge is 0.351 e. The van der Waals surface area contributed by atoms with Crippen LogP contribution in [0.4, 0.5) is 0 Å². The smallest absolute Gasteiger partial charge is 0.252 e. The number of amides is 1. The van der Waals surface area contributed by atoms with Gasteiger partial charge in [0.2, 0.25) is 0 Å². The summed E-state index contributed by atoms with van der Waals surface area (Å²) in [6.07, 6.45) is 2.33. The highest BCUT2D eigenvalue weighted by atomic mass is 79.9. The minimum atomic E-state index is -0.0645. The van der Waals surface area contributed by atoms with E-state index in [1.54, 1.807) is 0 Å². The van der Waals surface area contributed by atoms with Crippen LogP contribution in [-0.4, -0.2) is 24.0 Å². The van der Waals surface area contributed by atoms with Gasteiger partial charge >= 0.3 is 0 Å². The summed E-state index contributed by atoms with van der Waals surface area (Å²) in [5.74, 6) is 0.449. The molecule has 1 aromatic heterocycles. The highest BCUT2D eigenvalue weighted by molar-refractivity contribution is 9.10. The molecule has 0 saturated heterocycles. The standard InChI is InChI=1S/C16H18BrN3O.2ClH/c1-9-14(16(21)19-7-6-18)12-8-11(17)4-5-13(12)20-15(9)10-2-3-10;;/h4-5,8,10H,2-3,6-7,18H2,1H3,(H,19,21);2*1H. The number of fused-ring (bicyclic) bond motifs is 1. The highest BCUT2D eigenvalue weighted by Crippen LogP contribution is 2.42. The Morgan fingerprint density at radius 3 is 2.70 bits per heavy atom. The minimum absolute atomic E-state index is 0. The Labute approximate surface area is 156 Å². The first-order valence-corrected chi connectivity index (χ1v) is 7.99. The van der Waals surface area contributed by atoms with E-state index in [9.17, 15) is 4.79 Å². The predicted octanol–water partition coefficient (Wildman–Crippen LogP) is 3.72. The van der Waals surface area contributed by atoms with Gasteiger partial charge in [0.1, 0.15) is 0 Å². The van der Waals surface area contributed by atoms with Gasteiger partial charge in [0.25, 0.3) is 5.91 Å². The zero-order valence-electron chi connectivity index (χ0n) is 12.8. The van der Waals surface area contributed by atoms with Gasteiger partial charge in [0.05, 0.1) is 11.1 Å². The minimum Gasteiger partial charge on any atom is -0.351 e. The molecule has 0 aliphatic heterocycles. The van der Waals surface area contributed by atoms with Gasteiger partial charge in [-0.15, -0.1) is 24.8 Å². The molecule has 7 heteroatoms. The molecule has 23 heavy (non-hydrogen) atoms. The van der Waals surface area contributed by atoms with Crippen LogP contribution in [0.3, 0.4) is 0 Å². The normalized spacial score (nSPS) is 13.2. The average molecular weight is 421 g/mol. The molecule has 0 radical (unpaired) electrons. The number of nitrogens with zero attached hydrogens (tertiary/aromatic N) is 1. The molecule has 126 valence electrons. The number of nitrogens with two attached hydrogens (primary N) is 1. The van der Waals surface area contributed by atoms with Crippen molar-refractivity contribution in [1.29, 1.82) is 0 Å². The number of carbonyl (C=O) groups excluding carboxylic acids is 1. The maximum atomic E-state index is 12.5. The van der Waals surface area contributed by atoms with Crippen molar-refractivity contribution in [3.8, 4) is 0 Å². The van der Waals surface area contributed by atoms with Gasteiger partial charge in [-0.3, -0.25) is 9.78 Å². The third-order valence-corrected chi connectivity index (χ3v) is 4.34. The van der Waals surface area contributed by atoms with Crippen molar-refractivity contribution in [3.63, 3.8) is 0 Å². The molecular formula is C16H20BrCl2N3O. The van der Waals surface area contributed by atoms with Gasteiger partial charge in [0.15, 0.2) is 0 Å². The number of halogens is 3. The van der Waals surface area contributed by atoms with Crippen LogP contribution in [0, 0.1) is 6.92 Å². The molecule has 4 nitrogen and oxygen atoms in total. The van der Waals surface area contributed by atoms with Crippen LogP contribution in [0.25, 0.3) is 10.9 Å². The number of hydrogen-bond acceptors (Lipinski definition) is 3. The zero-order valence-corrected chi connectivity index (χ0v) is 16.0. The van der Waals surface area contributed by atoms with Crippen LogP contribution in [0.2, 0.25) is 0 Å². The zero-order chi connectivity index (χ0) is 15.0. The Bertz CT molecular complexity index is 720. The van der Waals surface area contributed by atoms with Gasteiger partial charge in [-0.05, 0) is 43.5 Å². The molecule has 0 spiro atoms. The Morgan fingerprint density at radius 2 is 2.09 bits per heavy atom. The van der Waals surface area contributed by atoms with E-state index in [-0.39, 0.29) is 30.7 Å². The van der Waals surface area contributed by atoms with Crippen LogP contribution in [0.15, 0.2) is 22.7 Å². The molecule has 1 aromatic carbocycles. The molecule has 3 rings (SSSR count). The maximum Gasteiger partial charge on any atom is 0.252 e. The number of pyridine rings is 1. The molecule has 0 atom stereocenters. The van der Waals surface area contributed by atoms with Gasteiger partial charge in [-0.25, -0.2) is 0 Å². The van der Waals surface area contributed by atoms with Gasteiger partial charge < -0.3 is 11.1 Å². The third-order valence-electron chi connectivity index (χ3n) is 3.85.